The molecule has 2 aromatic rings. The Morgan fingerprint density at radius 2 is 1.62 bits per heavy atom. The lowest BCUT2D eigenvalue weighted by Crippen LogP contribution is -1.98. The highest BCUT2D eigenvalue weighted by molar-refractivity contribution is 9.10. The number of carbonyl (C=O) groups is 1. The van der Waals surface area contributed by atoms with Crippen LogP contribution in [0.15, 0.2) is 46.9 Å². The van der Waals surface area contributed by atoms with E-state index in [9.17, 15) is 13.6 Å². The molecule has 112 valence electrons. The van der Waals surface area contributed by atoms with Gasteiger partial charge in [0.25, 0.3) is 0 Å². The maximum atomic E-state index is 12.5. The second kappa shape index (κ2) is 9.05. The zero-order valence-electron chi connectivity index (χ0n) is 11.4. The van der Waals surface area contributed by atoms with Crippen molar-refractivity contribution in [2.24, 2.45) is 0 Å². The first-order valence-electron chi connectivity index (χ1n) is 6.26. The number of alkyl halides is 1. The van der Waals surface area contributed by atoms with E-state index < -0.39 is 0 Å². The molecule has 0 bridgehead atoms. The molecule has 2 rings (SSSR count). The first-order valence-corrected chi connectivity index (χ1v) is 8.18. The van der Waals surface area contributed by atoms with Crippen LogP contribution < -0.4 is 0 Å². The summed E-state index contributed by atoms with van der Waals surface area (Å²) in [7, 11) is 0. The molecule has 1 nitrogen and oxygen atoms in total. The fourth-order valence-corrected chi connectivity index (χ4v) is 2.48. The van der Waals surface area contributed by atoms with E-state index in [4.69, 9.17) is 0 Å². The Hall–Kier alpha value is -1.07. The van der Waals surface area contributed by atoms with Gasteiger partial charge in [-0.1, -0.05) is 44.8 Å². The van der Waals surface area contributed by atoms with E-state index >= 15 is 0 Å². The Labute approximate surface area is 139 Å². The molecule has 0 aliphatic carbocycles. The second-order valence-corrected chi connectivity index (χ2v) is 5.57. The minimum Gasteiger partial charge on any atom is -0.293 e. The summed E-state index contributed by atoms with van der Waals surface area (Å²) in [5.41, 5.74) is 1.67. The molecule has 0 unspecified atom stereocenters. The van der Waals surface area contributed by atoms with Crippen molar-refractivity contribution in [1.82, 2.24) is 0 Å². The van der Waals surface area contributed by atoms with Gasteiger partial charge in [0.2, 0.25) is 0 Å². The largest absolute Gasteiger partial charge is 0.293 e. The predicted molar refractivity (Wildman–Crippen MR) is 88.0 cm³/mol. The third-order valence-electron chi connectivity index (χ3n) is 2.68. The van der Waals surface area contributed by atoms with Gasteiger partial charge in [0, 0.05) is 10.0 Å². The second-order valence-electron chi connectivity index (χ2n) is 4.15. The van der Waals surface area contributed by atoms with Crippen molar-refractivity contribution >= 4 is 37.6 Å². The maximum absolute atomic E-state index is 12.5. The molecule has 0 saturated heterocycles. The molecule has 0 atom stereocenters. The smallest absolute Gasteiger partial charge is 0.173 e. The Morgan fingerprint density at radius 1 is 1.05 bits per heavy atom. The average Bonchev–Trinajstić information content (AvgIpc) is 2.48. The number of hydrogen-bond donors (Lipinski definition) is 0. The minimum atomic E-state index is -0.323. The van der Waals surface area contributed by atoms with Crippen LogP contribution in [0.25, 0.3) is 0 Å². The van der Waals surface area contributed by atoms with Crippen LogP contribution in [0.2, 0.25) is 0 Å². The fourth-order valence-electron chi connectivity index (χ4n) is 1.52. The zero-order valence-corrected chi connectivity index (χ0v) is 14.5. The standard InChI is InChI=1S/C8H6BrFO.C8H8BrF/c9-5-8(11)6-1-3-7(10)4-2-6;1-2-6-3-4-7(10)5-8(6)9/h1-4H,5H2;3-5H,2H2,1H3. The van der Waals surface area contributed by atoms with Crippen LogP contribution in [-0.4, -0.2) is 11.1 Å². The van der Waals surface area contributed by atoms with Gasteiger partial charge >= 0.3 is 0 Å². The van der Waals surface area contributed by atoms with E-state index in [1.165, 1.54) is 36.4 Å². The van der Waals surface area contributed by atoms with Gasteiger partial charge < -0.3 is 0 Å². The molecule has 0 aliphatic heterocycles. The molecule has 0 saturated carbocycles. The van der Waals surface area contributed by atoms with Crippen LogP contribution in [-0.2, 0) is 6.42 Å². The number of rotatable bonds is 3. The van der Waals surface area contributed by atoms with E-state index in [0.29, 0.717) is 5.56 Å². The third kappa shape index (κ3) is 6.06. The average molecular weight is 420 g/mol. The molecule has 0 fully saturated rings. The van der Waals surface area contributed by atoms with E-state index in [1.807, 2.05) is 6.92 Å². The van der Waals surface area contributed by atoms with Crippen LogP contribution in [0.3, 0.4) is 0 Å². The van der Waals surface area contributed by atoms with Crippen LogP contribution in [0, 0.1) is 11.6 Å². The minimum absolute atomic E-state index is 0.0370. The summed E-state index contributed by atoms with van der Waals surface area (Å²) in [4.78, 5) is 11.0. The highest BCUT2D eigenvalue weighted by atomic mass is 79.9. The van der Waals surface area contributed by atoms with Gasteiger partial charge in [-0.15, -0.1) is 0 Å². The number of ketones is 1. The van der Waals surface area contributed by atoms with Crippen molar-refractivity contribution in [3.8, 4) is 0 Å². The van der Waals surface area contributed by atoms with Gasteiger partial charge in [0.1, 0.15) is 11.6 Å². The van der Waals surface area contributed by atoms with E-state index in [0.717, 1.165) is 16.5 Å². The summed E-state index contributed by atoms with van der Waals surface area (Å²) in [5, 5.41) is 0.276. The molecular formula is C16H14Br2F2O. The normalized spacial score (nSPS) is 9.76. The van der Waals surface area contributed by atoms with Crippen molar-refractivity contribution in [1.29, 1.82) is 0 Å². The first-order chi connectivity index (χ1) is 9.97. The third-order valence-corrected chi connectivity index (χ3v) is 3.93. The van der Waals surface area contributed by atoms with Gasteiger partial charge in [0.05, 0.1) is 5.33 Å². The lowest BCUT2D eigenvalue weighted by molar-refractivity contribution is 0.102. The van der Waals surface area contributed by atoms with E-state index in [-0.39, 0.29) is 22.7 Å². The van der Waals surface area contributed by atoms with Crippen molar-refractivity contribution in [2.75, 3.05) is 5.33 Å². The van der Waals surface area contributed by atoms with Crippen LogP contribution in [0.5, 0.6) is 0 Å². The van der Waals surface area contributed by atoms with Gasteiger partial charge in [-0.2, -0.15) is 0 Å². The lowest BCUT2D eigenvalue weighted by Gasteiger charge is -1.98. The van der Waals surface area contributed by atoms with Crippen molar-refractivity contribution in [3.63, 3.8) is 0 Å². The topological polar surface area (TPSA) is 17.1 Å². The molecule has 0 amide bonds. The summed E-state index contributed by atoms with van der Waals surface area (Å²) < 4.78 is 25.6. The Balaban J connectivity index is 0.000000211. The summed E-state index contributed by atoms with van der Waals surface area (Å²) >= 11 is 6.29. The van der Waals surface area contributed by atoms with Crippen molar-refractivity contribution in [3.05, 3.63) is 69.7 Å². The molecule has 0 N–H and O–H groups in total. The number of aryl methyl sites for hydroxylation is 1. The molecule has 0 aromatic heterocycles. The van der Waals surface area contributed by atoms with Gasteiger partial charge in [-0.05, 0) is 48.4 Å². The highest BCUT2D eigenvalue weighted by Gasteiger charge is 2.02. The van der Waals surface area contributed by atoms with Gasteiger partial charge in [-0.3, -0.25) is 4.79 Å². The Kier molecular flexibility index (Phi) is 7.75. The SMILES string of the molecule is CCc1ccc(F)cc1Br.O=C(CBr)c1ccc(F)cc1. The summed E-state index contributed by atoms with van der Waals surface area (Å²) in [6, 6.07) is 10.2. The number of Topliss-reactive ketones (excluding diaryl/α,β-unsaturated/α-hetero) is 1. The predicted octanol–water partition coefficient (Wildman–Crippen LogP) is 5.55. The summed E-state index contributed by atoms with van der Waals surface area (Å²) in [5.74, 6) is -0.551. The van der Waals surface area contributed by atoms with Gasteiger partial charge in [0.15, 0.2) is 5.78 Å². The van der Waals surface area contributed by atoms with E-state index in [2.05, 4.69) is 31.9 Å². The van der Waals surface area contributed by atoms with Crippen molar-refractivity contribution in [2.45, 2.75) is 13.3 Å². The molecule has 2 aromatic carbocycles. The van der Waals surface area contributed by atoms with Crippen LogP contribution in [0.1, 0.15) is 22.8 Å². The first kappa shape index (κ1) is 18.0. The summed E-state index contributed by atoms with van der Waals surface area (Å²) in [6.07, 6.45) is 0.931. The number of benzene rings is 2. The number of carbonyl (C=O) groups excluding carboxylic acids is 1. The molecule has 5 heteroatoms. The molecule has 0 spiro atoms. The quantitative estimate of drug-likeness (QED) is 0.470. The number of hydrogen-bond acceptors (Lipinski definition) is 1. The Bertz CT molecular complexity index is 598. The lowest BCUT2D eigenvalue weighted by atomic mass is 10.1. The monoisotopic (exact) mass is 418 g/mol. The highest BCUT2D eigenvalue weighted by Crippen LogP contribution is 2.17. The maximum Gasteiger partial charge on any atom is 0.173 e. The van der Waals surface area contributed by atoms with Crippen LogP contribution in [0.4, 0.5) is 8.78 Å². The molecule has 21 heavy (non-hydrogen) atoms. The molecular weight excluding hydrogens is 406 g/mol. The molecule has 0 heterocycles. The zero-order chi connectivity index (χ0) is 15.8. The fraction of sp³-hybridized carbons (Fsp3) is 0.188. The van der Waals surface area contributed by atoms with Crippen LogP contribution >= 0.6 is 31.9 Å². The molecule has 0 radical (unpaired) electrons. The summed E-state index contributed by atoms with van der Waals surface area (Å²) in [6.45, 7) is 2.04. The van der Waals surface area contributed by atoms with Gasteiger partial charge in [-0.25, -0.2) is 8.78 Å². The van der Waals surface area contributed by atoms with E-state index in [1.54, 1.807) is 6.07 Å². The number of halogens is 4. The Morgan fingerprint density at radius 3 is 2.10 bits per heavy atom. The molecule has 0 aliphatic rings. The van der Waals surface area contributed by atoms with Crippen molar-refractivity contribution < 1.29 is 13.6 Å².